The quantitative estimate of drug-likeness (QED) is 0.845. The molecule has 0 saturated heterocycles. The average molecular weight is 232 g/mol. The molecule has 1 rings (SSSR count). The van der Waals surface area contributed by atoms with Crippen LogP contribution in [0, 0.1) is 5.82 Å². The van der Waals surface area contributed by atoms with Gasteiger partial charge in [-0.05, 0) is 30.5 Å². The van der Waals surface area contributed by atoms with E-state index in [1.807, 2.05) is 0 Å². The molecule has 0 aliphatic rings. The lowest BCUT2D eigenvalue weighted by Gasteiger charge is -2.11. The minimum atomic E-state index is -0.395. The van der Waals surface area contributed by atoms with Gasteiger partial charge in [0.05, 0.1) is 5.02 Å². The van der Waals surface area contributed by atoms with Crippen molar-refractivity contribution >= 4 is 11.6 Å². The largest absolute Gasteiger partial charge is 0.385 e. The first-order valence-corrected chi connectivity index (χ1v) is 5.19. The normalized spacial score (nSPS) is 12.8. The smallest absolute Gasteiger partial charge is 0.142 e. The molecule has 0 saturated carbocycles. The molecule has 84 valence electrons. The van der Waals surface area contributed by atoms with E-state index in [9.17, 15) is 4.39 Å². The first kappa shape index (κ1) is 12.4. The van der Waals surface area contributed by atoms with Crippen molar-refractivity contribution in [2.45, 2.75) is 18.9 Å². The Kier molecular flexibility index (Phi) is 5.02. The Morgan fingerprint density at radius 2 is 2.27 bits per heavy atom. The zero-order valence-corrected chi connectivity index (χ0v) is 9.43. The van der Waals surface area contributed by atoms with Crippen molar-refractivity contribution in [1.82, 2.24) is 0 Å². The van der Waals surface area contributed by atoms with Crippen LogP contribution in [0.15, 0.2) is 18.2 Å². The van der Waals surface area contributed by atoms with Gasteiger partial charge in [0.2, 0.25) is 0 Å². The van der Waals surface area contributed by atoms with Crippen LogP contribution in [-0.2, 0) is 11.2 Å². The molecule has 0 spiro atoms. The van der Waals surface area contributed by atoms with Crippen molar-refractivity contribution in [2.75, 3.05) is 13.7 Å². The Hall–Kier alpha value is -0.640. The van der Waals surface area contributed by atoms with Crippen LogP contribution in [0.4, 0.5) is 4.39 Å². The highest BCUT2D eigenvalue weighted by Crippen LogP contribution is 2.16. The first-order valence-electron chi connectivity index (χ1n) is 4.82. The molecule has 1 atom stereocenters. The van der Waals surface area contributed by atoms with E-state index in [-0.39, 0.29) is 11.1 Å². The third kappa shape index (κ3) is 4.16. The predicted molar refractivity (Wildman–Crippen MR) is 59.6 cm³/mol. The summed E-state index contributed by atoms with van der Waals surface area (Å²) in [7, 11) is 1.63. The van der Waals surface area contributed by atoms with Crippen LogP contribution >= 0.6 is 11.6 Å². The van der Waals surface area contributed by atoms with Gasteiger partial charge in [-0.2, -0.15) is 0 Å². The van der Waals surface area contributed by atoms with Gasteiger partial charge in [-0.15, -0.1) is 0 Å². The number of halogens is 2. The highest BCUT2D eigenvalue weighted by molar-refractivity contribution is 6.30. The van der Waals surface area contributed by atoms with Crippen LogP contribution in [0.1, 0.15) is 12.0 Å². The minimum Gasteiger partial charge on any atom is -0.385 e. The van der Waals surface area contributed by atoms with Gasteiger partial charge in [-0.3, -0.25) is 0 Å². The van der Waals surface area contributed by atoms with Crippen molar-refractivity contribution in [1.29, 1.82) is 0 Å². The van der Waals surface area contributed by atoms with Crippen molar-refractivity contribution in [3.05, 3.63) is 34.6 Å². The third-order valence-corrected chi connectivity index (χ3v) is 2.48. The molecule has 1 unspecified atom stereocenters. The topological polar surface area (TPSA) is 35.2 Å². The van der Waals surface area contributed by atoms with Crippen LogP contribution in [-0.4, -0.2) is 19.8 Å². The summed E-state index contributed by atoms with van der Waals surface area (Å²) >= 11 is 5.57. The van der Waals surface area contributed by atoms with Gasteiger partial charge in [-0.25, -0.2) is 4.39 Å². The fourth-order valence-corrected chi connectivity index (χ4v) is 1.46. The second-order valence-corrected chi connectivity index (χ2v) is 3.90. The first-order chi connectivity index (χ1) is 7.13. The Morgan fingerprint density at radius 3 is 2.87 bits per heavy atom. The Morgan fingerprint density at radius 1 is 1.53 bits per heavy atom. The van der Waals surface area contributed by atoms with Crippen LogP contribution in [0.25, 0.3) is 0 Å². The number of nitrogens with two attached hydrogens (primary N) is 1. The molecule has 0 radical (unpaired) electrons. The van der Waals surface area contributed by atoms with Gasteiger partial charge < -0.3 is 10.5 Å². The van der Waals surface area contributed by atoms with Crippen molar-refractivity contribution < 1.29 is 9.13 Å². The summed E-state index contributed by atoms with van der Waals surface area (Å²) in [5.41, 5.74) is 6.71. The van der Waals surface area contributed by atoms with Crippen molar-refractivity contribution in [3.8, 4) is 0 Å². The van der Waals surface area contributed by atoms with E-state index < -0.39 is 5.82 Å². The summed E-state index contributed by atoms with van der Waals surface area (Å²) in [5, 5.41) is 0.143. The monoisotopic (exact) mass is 231 g/mol. The number of hydrogen-bond donors (Lipinski definition) is 1. The Bertz CT molecular complexity index is 319. The molecule has 0 fully saturated rings. The summed E-state index contributed by atoms with van der Waals surface area (Å²) < 4.78 is 18.0. The number of ether oxygens (including phenoxy) is 1. The van der Waals surface area contributed by atoms with E-state index in [4.69, 9.17) is 22.1 Å². The van der Waals surface area contributed by atoms with Crippen molar-refractivity contribution in [3.63, 3.8) is 0 Å². The molecule has 15 heavy (non-hydrogen) atoms. The fourth-order valence-electron chi connectivity index (χ4n) is 1.34. The van der Waals surface area contributed by atoms with Gasteiger partial charge in [0.15, 0.2) is 0 Å². The second kappa shape index (κ2) is 6.05. The third-order valence-electron chi connectivity index (χ3n) is 2.17. The maximum atomic E-state index is 13.1. The summed E-state index contributed by atoms with van der Waals surface area (Å²) in [6.07, 6.45) is 1.40. The van der Waals surface area contributed by atoms with E-state index in [0.717, 1.165) is 12.0 Å². The predicted octanol–water partition coefficient (Wildman–Crippen LogP) is 2.39. The van der Waals surface area contributed by atoms with Crippen LogP contribution < -0.4 is 5.73 Å². The number of methoxy groups -OCH3 is 1. The SMILES string of the molecule is COCCC(N)Cc1ccc(Cl)c(F)c1. The molecule has 0 aromatic heterocycles. The molecule has 1 aromatic carbocycles. The molecular weight excluding hydrogens is 217 g/mol. The van der Waals surface area contributed by atoms with E-state index in [2.05, 4.69) is 0 Å². The highest BCUT2D eigenvalue weighted by Gasteiger charge is 2.06. The molecule has 0 amide bonds. The Balaban J connectivity index is 2.53. The zero-order chi connectivity index (χ0) is 11.3. The van der Waals surface area contributed by atoms with Gasteiger partial charge in [-0.1, -0.05) is 17.7 Å². The molecule has 0 aliphatic heterocycles. The van der Waals surface area contributed by atoms with Gasteiger partial charge in [0.25, 0.3) is 0 Å². The van der Waals surface area contributed by atoms with E-state index in [0.29, 0.717) is 13.0 Å². The molecule has 2 N–H and O–H groups in total. The minimum absolute atomic E-state index is 0.00877. The van der Waals surface area contributed by atoms with E-state index in [1.54, 1.807) is 19.2 Å². The van der Waals surface area contributed by atoms with Gasteiger partial charge in [0.1, 0.15) is 5.82 Å². The molecule has 2 nitrogen and oxygen atoms in total. The fraction of sp³-hybridized carbons (Fsp3) is 0.455. The number of hydrogen-bond acceptors (Lipinski definition) is 2. The molecule has 0 bridgehead atoms. The standard InChI is InChI=1S/C11H15ClFNO/c1-15-5-4-9(14)6-8-2-3-10(12)11(13)7-8/h2-3,7,9H,4-6,14H2,1H3. The lowest BCUT2D eigenvalue weighted by atomic mass is 10.0. The summed E-state index contributed by atoms with van der Waals surface area (Å²) in [4.78, 5) is 0. The summed E-state index contributed by atoms with van der Waals surface area (Å²) in [6, 6.07) is 4.76. The molecule has 0 aliphatic carbocycles. The van der Waals surface area contributed by atoms with Crippen LogP contribution in [0.5, 0.6) is 0 Å². The average Bonchev–Trinajstić information content (AvgIpc) is 2.20. The highest BCUT2D eigenvalue weighted by atomic mass is 35.5. The lowest BCUT2D eigenvalue weighted by Crippen LogP contribution is -2.24. The van der Waals surface area contributed by atoms with Gasteiger partial charge >= 0.3 is 0 Å². The van der Waals surface area contributed by atoms with Gasteiger partial charge in [0, 0.05) is 19.8 Å². The number of rotatable bonds is 5. The van der Waals surface area contributed by atoms with Crippen molar-refractivity contribution in [2.24, 2.45) is 5.73 Å². The molecule has 4 heteroatoms. The summed E-state index contributed by atoms with van der Waals surface area (Å²) in [6.45, 7) is 0.622. The maximum Gasteiger partial charge on any atom is 0.142 e. The molecule has 1 aromatic rings. The maximum absolute atomic E-state index is 13.1. The van der Waals surface area contributed by atoms with E-state index >= 15 is 0 Å². The molecular formula is C11H15ClFNO. The number of benzene rings is 1. The zero-order valence-electron chi connectivity index (χ0n) is 8.67. The second-order valence-electron chi connectivity index (χ2n) is 3.49. The summed E-state index contributed by atoms with van der Waals surface area (Å²) in [5.74, 6) is -0.395. The van der Waals surface area contributed by atoms with Crippen LogP contribution in [0.2, 0.25) is 5.02 Å². The lowest BCUT2D eigenvalue weighted by molar-refractivity contribution is 0.188. The molecule has 0 heterocycles. The Labute approximate surface area is 94.2 Å². The van der Waals surface area contributed by atoms with E-state index in [1.165, 1.54) is 6.07 Å². The van der Waals surface area contributed by atoms with Crippen LogP contribution in [0.3, 0.4) is 0 Å².